The summed E-state index contributed by atoms with van der Waals surface area (Å²) >= 11 is 0. The topological polar surface area (TPSA) is 9.23 Å². The van der Waals surface area contributed by atoms with Gasteiger partial charge in [-0.05, 0) is 61.4 Å². The summed E-state index contributed by atoms with van der Waals surface area (Å²) in [5.41, 5.74) is -0.303. The molecule has 1 saturated carbocycles. The molecule has 0 aliphatic heterocycles. The highest BCUT2D eigenvalue weighted by molar-refractivity contribution is 5.66. The van der Waals surface area contributed by atoms with Gasteiger partial charge in [-0.1, -0.05) is 45.4 Å². The molecule has 0 unspecified atom stereocenters. The maximum atomic E-state index is 14.7. The quantitative estimate of drug-likeness (QED) is 0.394. The summed E-state index contributed by atoms with van der Waals surface area (Å²) in [6.45, 7) is 4.03. The summed E-state index contributed by atoms with van der Waals surface area (Å²) in [6, 6.07) is 4.55. The summed E-state index contributed by atoms with van der Waals surface area (Å²) in [5, 5.41) is 0. The summed E-state index contributed by atoms with van der Waals surface area (Å²) in [4.78, 5) is 0. The predicted octanol–water partition coefficient (Wildman–Crippen LogP) is 7.85. The van der Waals surface area contributed by atoms with Crippen molar-refractivity contribution in [1.82, 2.24) is 0 Å². The number of rotatable bonds is 8. The molecule has 30 heavy (non-hydrogen) atoms. The van der Waals surface area contributed by atoms with E-state index in [9.17, 15) is 17.6 Å². The lowest BCUT2D eigenvalue weighted by atomic mass is 9.78. The molecule has 0 amide bonds. The van der Waals surface area contributed by atoms with Gasteiger partial charge in [-0.2, -0.15) is 4.39 Å². The first-order chi connectivity index (χ1) is 14.4. The van der Waals surface area contributed by atoms with Crippen LogP contribution in [0.5, 0.6) is 5.75 Å². The Bertz CT molecular complexity index is 857. The van der Waals surface area contributed by atoms with Crippen molar-refractivity contribution in [3.63, 3.8) is 0 Å². The molecule has 0 radical (unpaired) electrons. The third-order valence-corrected chi connectivity index (χ3v) is 6.26. The fourth-order valence-corrected chi connectivity index (χ4v) is 4.57. The standard InChI is InChI=1S/C25H30F4O/c1-3-5-16-6-8-17(9-7-16)10-11-18-14-22(27)20(15-21(18)26)19-12-13-23(30-4-2)25(29)24(19)28/h12-17H,3-11H2,1-2H3. The molecule has 0 spiro atoms. The number of hydrogen-bond acceptors (Lipinski definition) is 1. The van der Waals surface area contributed by atoms with Gasteiger partial charge in [-0.15, -0.1) is 0 Å². The summed E-state index contributed by atoms with van der Waals surface area (Å²) < 4.78 is 62.9. The third kappa shape index (κ3) is 5.16. The Morgan fingerprint density at radius 1 is 0.800 bits per heavy atom. The Morgan fingerprint density at radius 2 is 1.47 bits per heavy atom. The van der Waals surface area contributed by atoms with Gasteiger partial charge in [0.1, 0.15) is 11.6 Å². The number of hydrogen-bond donors (Lipinski definition) is 0. The smallest absolute Gasteiger partial charge is 0.201 e. The van der Waals surface area contributed by atoms with Crippen molar-refractivity contribution >= 4 is 0 Å². The summed E-state index contributed by atoms with van der Waals surface area (Å²) in [5.74, 6) is -2.67. The van der Waals surface area contributed by atoms with Crippen molar-refractivity contribution < 1.29 is 22.3 Å². The average molecular weight is 423 g/mol. The molecule has 0 bridgehead atoms. The highest BCUT2D eigenvalue weighted by Crippen LogP contribution is 2.35. The Morgan fingerprint density at radius 3 is 2.10 bits per heavy atom. The third-order valence-electron chi connectivity index (χ3n) is 6.26. The van der Waals surface area contributed by atoms with Gasteiger partial charge in [0.15, 0.2) is 11.6 Å². The molecule has 164 valence electrons. The van der Waals surface area contributed by atoms with Crippen molar-refractivity contribution in [3.05, 3.63) is 53.1 Å². The molecular weight excluding hydrogens is 392 g/mol. The molecule has 0 heterocycles. The van der Waals surface area contributed by atoms with E-state index in [2.05, 4.69) is 6.92 Å². The molecule has 3 rings (SSSR count). The van der Waals surface area contributed by atoms with Crippen LogP contribution in [0.4, 0.5) is 17.6 Å². The van der Waals surface area contributed by atoms with E-state index in [-0.39, 0.29) is 23.5 Å². The molecule has 1 nitrogen and oxygen atoms in total. The van der Waals surface area contributed by atoms with E-state index in [4.69, 9.17) is 4.74 Å². The summed E-state index contributed by atoms with van der Waals surface area (Å²) in [6.07, 6.45) is 8.48. The minimum absolute atomic E-state index is 0.174. The summed E-state index contributed by atoms with van der Waals surface area (Å²) in [7, 11) is 0. The molecule has 1 aliphatic carbocycles. The van der Waals surface area contributed by atoms with E-state index in [1.165, 1.54) is 37.8 Å². The molecule has 0 aromatic heterocycles. The molecule has 5 heteroatoms. The van der Waals surface area contributed by atoms with Crippen molar-refractivity contribution in [2.24, 2.45) is 11.8 Å². The molecule has 2 aromatic carbocycles. The zero-order valence-electron chi connectivity index (χ0n) is 17.7. The van der Waals surface area contributed by atoms with Crippen LogP contribution in [0.2, 0.25) is 0 Å². The monoisotopic (exact) mass is 422 g/mol. The number of benzene rings is 2. The van der Waals surface area contributed by atoms with Gasteiger partial charge in [0.2, 0.25) is 5.82 Å². The van der Waals surface area contributed by atoms with Gasteiger partial charge in [-0.25, -0.2) is 13.2 Å². The van der Waals surface area contributed by atoms with E-state index < -0.39 is 23.3 Å². The van der Waals surface area contributed by atoms with Crippen LogP contribution in [0.25, 0.3) is 11.1 Å². The van der Waals surface area contributed by atoms with Crippen LogP contribution in [0, 0.1) is 35.1 Å². The van der Waals surface area contributed by atoms with E-state index >= 15 is 0 Å². The first-order valence-corrected chi connectivity index (χ1v) is 11.0. The highest BCUT2D eigenvalue weighted by atomic mass is 19.2. The lowest BCUT2D eigenvalue weighted by Crippen LogP contribution is -2.15. The lowest BCUT2D eigenvalue weighted by Gasteiger charge is -2.28. The number of halogens is 4. The maximum absolute atomic E-state index is 14.7. The van der Waals surface area contributed by atoms with E-state index in [1.807, 2.05) is 0 Å². The van der Waals surface area contributed by atoms with Gasteiger partial charge >= 0.3 is 0 Å². The van der Waals surface area contributed by atoms with Gasteiger partial charge < -0.3 is 4.74 Å². The fraction of sp³-hybridized carbons (Fsp3) is 0.520. The normalized spacial score (nSPS) is 19.1. The molecule has 2 aromatic rings. The van der Waals surface area contributed by atoms with Crippen LogP contribution < -0.4 is 4.74 Å². The van der Waals surface area contributed by atoms with E-state index in [0.29, 0.717) is 17.9 Å². The van der Waals surface area contributed by atoms with Gasteiger partial charge in [0, 0.05) is 11.1 Å². The maximum Gasteiger partial charge on any atom is 0.201 e. The average Bonchev–Trinajstić information content (AvgIpc) is 2.73. The molecule has 0 N–H and O–H groups in total. The Balaban J connectivity index is 1.71. The van der Waals surface area contributed by atoms with Crippen LogP contribution in [-0.4, -0.2) is 6.61 Å². The second kappa shape index (κ2) is 10.3. The minimum atomic E-state index is -1.24. The van der Waals surface area contributed by atoms with Gasteiger partial charge in [-0.3, -0.25) is 0 Å². The molecule has 1 aliphatic rings. The molecular formula is C25H30F4O. The van der Waals surface area contributed by atoms with Crippen molar-refractivity contribution in [2.45, 2.75) is 65.2 Å². The van der Waals surface area contributed by atoms with Crippen molar-refractivity contribution in [1.29, 1.82) is 0 Å². The zero-order valence-corrected chi connectivity index (χ0v) is 17.7. The first kappa shape index (κ1) is 22.6. The van der Waals surface area contributed by atoms with Crippen LogP contribution in [0.15, 0.2) is 24.3 Å². The van der Waals surface area contributed by atoms with Crippen LogP contribution in [0.3, 0.4) is 0 Å². The first-order valence-electron chi connectivity index (χ1n) is 11.0. The highest BCUT2D eigenvalue weighted by Gasteiger charge is 2.22. The van der Waals surface area contributed by atoms with Crippen LogP contribution >= 0.6 is 0 Å². The number of aryl methyl sites for hydroxylation is 1. The largest absolute Gasteiger partial charge is 0.491 e. The molecule has 0 atom stereocenters. The zero-order chi connectivity index (χ0) is 21.7. The van der Waals surface area contributed by atoms with E-state index in [1.54, 1.807) is 6.92 Å². The second-order valence-corrected chi connectivity index (χ2v) is 8.31. The number of ether oxygens (including phenoxy) is 1. The minimum Gasteiger partial charge on any atom is -0.491 e. The van der Waals surface area contributed by atoms with E-state index in [0.717, 1.165) is 37.3 Å². The molecule has 0 saturated heterocycles. The fourth-order valence-electron chi connectivity index (χ4n) is 4.57. The Labute approximate surface area is 176 Å². The van der Waals surface area contributed by atoms with Crippen molar-refractivity contribution in [3.8, 4) is 16.9 Å². The van der Waals surface area contributed by atoms with Crippen LogP contribution in [0.1, 0.15) is 64.4 Å². The predicted molar refractivity (Wildman–Crippen MR) is 112 cm³/mol. The van der Waals surface area contributed by atoms with Crippen molar-refractivity contribution in [2.75, 3.05) is 6.61 Å². The molecule has 1 fully saturated rings. The second-order valence-electron chi connectivity index (χ2n) is 8.31. The van der Waals surface area contributed by atoms with Crippen LogP contribution in [-0.2, 0) is 6.42 Å². The SMILES string of the molecule is CCCC1CCC(CCc2cc(F)c(-c3ccc(OCC)c(F)c3F)cc2F)CC1. The Kier molecular flexibility index (Phi) is 7.79. The Hall–Kier alpha value is -2.04. The van der Waals surface area contributed by atoms with Gasteiger partial charge in [0.05, 0.1) is 6.61 Å². The lowest BCUT2D eigenvalue weighted by molar-refractivity contribution is 0.252. The van der Waals surface area contributed by atoms with Gasteiger partial charge in [0.25, 0.3) is 0 Å².